The molecule has 1 atom stereocenters. The smallest absolute Gasteiger partial charge is 0.265 e. The second-order valence-corrected chi connectivity index (χ2v) is 7.73. The first-order valence-electron chi connectivity index (χ1n) is 8.05. The summed E-state index contributed by atoms with van der Waals surface area (Å²) in [6.07, 6.45) is -0.638. The monoisotopic (exact) mass is 410 g/mol. The van der Waals surface area contributed by atoms with Gasteiger partial charge in [0, 0.05) is 17.1 Å². The highest BCUT2D eigenvalue weighted by Gasteiger charge is 2.19. The number of nitrogens with one attached hydrogen (secondary N) is 1. The van der Waals surface area contributed by atoms with Crippen LogP contribution < -0.4 is 15.2 Å². The quantitative estimate of drug-likeness (QED) is 0.680. The predicted octanol–water partition coefficient (Wildman–Crippen LogP) is 2.99. The maximum Gasteiger partial charge on any atom is 0.265 e. The van der Waals surface area contributed by atoms with Crippen LogP contribution in [0.1, 0.15) is 30.6 Å². The number of nitrogens with two attached hydrogens (primary N) is 1. The van der Waals surface area contributed by atoms with E-state index < -0.39 is 22.0 Å². The van der Waals surface area contributed by atoms with Crippen molar-refractivity contribution in [1.29, 1.82) is 0 Å². The second kappa shape index (κ2) is 8.51. The van der Waals surface area contributed by atoms with Crippen LogP contribution in [-0.4, -0.2) is 26.2 Å². The number of ether oxygens (including phenoxy) is 1. The molecule has 0 fully saturated rings. The van der Waals surface area contributed by atoms with Crippen molar-refractivity contribution < 1.29 is 22.7 Å². The number of primary sulfonamides is 1. The maximum absolute atomic E-state index is 12.3. The van der Waals surface area contributed by atoms with Gasteiger partial charge in [0.1, 0.15) is 5.75 Å². The van der Waals surface area contributed by atoms with Crippen LogP contribution in [-0.2, 0) is 14.8 Å². The molecule has 0 aliphatic rings. The number of benzene rings is 2. The molecule has 0 aliphatic heterocycles. The minimum absolute atomic E-state index is 0.0614. The van der Waals surface area contributed by atoms with Crippen molar-refractivity contribution in [1.82, 2.24) is 0 Å². The molecule has 0 saturated heterocycles. The van der Waals surface area contributed by atoms with Gasteiger partial charge in [-0.3, -0.25) is 9.59 Å². The standard InChI is InChI=1S/C18H19ClN2O5S/c1-3-16(22)15-10-12(19)4-9-17(15)26-11(2)18(23)21-13-5-7-14(8-6-13)27(20,24)25/h4-11H,3H2,1-2H3,(H,21,23)(H2,20,24,25)/t11-/m0/s1. The molecule has 144 valence electrons. The SMILES string of the molecule is CCC(=O)c1cc(Cl)ccc1O[C@@H](C)C(=O)Nc1ccc(S(N)(=O)=O)cc1. The molecule has 0 heterocycles. The number of hydrogen-bond acceptors (Lipinski definition) is 5. The molecule has 0 spiro atoms. The fourth-order valence-corrected chi connectivity index (χ4v) is 2.92. The van der Waals surface area contributed by atoms with Gasteiger partial charge in [0.15, 0.2) is 11.9 Å². The summed E-state index contributed by atoms with van der Waals surface area (Å²) in [5, 5.41) is 8.03. The van der Waals surface area contributed by atoms with Gasteiger partial charge in [-0.05, 0) is 49.4 Å². The van der Waals surface area contributed by atoms with Crippen LogP contribution in [0.15, 0.2) is 47.4 Å². The number of anilines is 1. The van der Waals surface area contributed by atoms with Crippen molar-refractivity contribution in [3.8, 4) is 5.75 Å². The highest BCUT2D eigenvalue weighted by molar-refractivity contribution is 7.89. The van der Waals surface area contributed by atoms with Crippen molar-refractivity contribution in [3.63, 3.8) is 0 Å². The van der Waals surface area contributed by atoms with E-state index in [1.54, 1.807) is 13.0 Å². The summed E-state index contributed by atoms with van der Waals surface area (Å²) < 4.78 is 28.1. The van der Waals surface area contributed by atoms with E-state index in [2.05, 4.69) is 5.32 Å². The van der Waals surface area contributed by atoms with Gasteiger partial charge in [0.2, 0.25) is 10.0 Å². The topological polar surface area (TPSA) is 116 Å². The Morgan fingerprint density at radius 3 is 2.37 bits per heavy atom. The van der Waals surface area contributed by atoms with E-state index >= 15 is 0 Å². The normalized spacial score (nSPS) is 12.3. The molecule has 27 heavy (non-hydrogen) atoms. The Bertz CT molecular complexity index is 958. The van der Waals surface area contributed by atoms with Crippen LogP contribution in [0.3, 0.4) is 0 Å². The van der Waals surface area contributed by atoms with Crippen molar-refractivity contribution in [2.45, 2.75) is 31.3 Å². The molecule has 0 aromatic heterocycles. The average molecular weight is 411 g/mol. The van der Waals surface area contributed by atoms with Crippen LogP contribution in [0.5, 0.6) is 5.75 Å². The largest absolute Gasteiger partial charge is 0.480 e. The number of sulfonamides is 1. The summed E-state index contributed by atoms with van der Waals surface area (Å²) in [5.41, 5.74) is 0.686. The lowest BCUT2D eigenvalue weighted by atomic mass is 10.1. The van der Waals surface area contributed by atoms with Crippen molar-refractivity contribution in [2.75, 3.05) is 5.32 Å². The van der Waals surface area contributed by atoms with E-state index in [9.17, 15) is 18.0 Å². The summed E-state index contributed by atoms with van der Waals surface area (Å²) in [4.78, 5) is 24.3. The molecule has 2 aromatic rings. The van der Waals surface area contributed by atoms with Gasteiger partial charge in [-0.2, -0.15) is 0 Å². The van der Waals surface area contributed by atoms with Gasteiger partial charge in [-0.1, -0.05) is 18.5 Å². The maximum atomic E-state index is 12.3. The van der Waals surface area contributed by atoms with Gasteiger partial charge < -0.3 is 10.1 Å². The average Bonchev–Trinajstić information content (AvgIpc) is 2.62. The lowest BCUT2D eigenvalue weighted by molar-refractivity contribution is -0.122. The molecule has 2 rings (SSSR count). The highest BCUT2D eigenvalue weighted by atomic mass is 35.5. The number of hydrogen-bond donors (Lipinski definition) is 2. The van der Waals surface area contributed by atoms with Crippen molar-refractivity contribution >= 4 is 39.0 Å². The Hall–Kier alpha value is -2.42. The van der Waals surface area contributed by atoms with E-state index in [0.29, 0.717) is 16.3 Å². The lowest BCUT2D eigenvalue weighted by Crippen LogP contribution is -2.30. The van der Waals surface area contributed by atoms with Gasteiger partial charge in [0.25, 0.3) is 5.91 Å². The van der Waals surface area contributed by atoms with Crippen LogP contribution >= 0.6 is 11.6 Å². The van der Waals surface area contributed by atoms with Crippen LogP contribution in [0.2, 0.25) is 5.02 Å². The van der Waals surface area contributed by atoms with Gasteiger partial charge >= 0.3 is 0 Å². The summed E-state index contributed by atoms with van der Waals surface area (Å²) in [6, 6.07) is 10.0. The van der Waals surface area contributed by atoms with E-state index in [-0.39, 0.29) is 22.8 Å². The molecule has 0 saturated carbocycles. The molecular weight excluding hydrogens is 392 g/mol. The van der Waals surface area contributed by atoms with E-state index in [4.69, 9.17) is 21.5 Å². The zero-order valence-corrected chi connectivity index (χ0v) is 16.3. The lowest BCUT2D eigenvalue weighted by Gasteiger charge is -2.17. The zero-order chi connectivity index (χ0) is 20.2. The van der Waals surface area contributed by atoms with Crippen LogP contribution in [0, 0.1) is 0 Å². The van der Waals surface area contributed by atoms with E-state index in [1.165, 1.54) is 43.3 Å². The predicted molar refractivity (Wildman–Crippen MR) is 103 cm³/mol. The highest BCUT2D eigenvalue weighted by Crippen LogP contribution is 2.25. The number of Topliss-reactive ketones (excluding diaryl/α,β-unsaturated/α-hetero) is 1. The van der Waals surface area contributed by atoms with Crippen LogP contribution in [0.4, 0.5) is 5.69 Å². The van der Waals surface area contributed by atoms with Gasteiger partial charge in [0.05, 0.1) is 10.5 Å². The van der Waals surface area contributed by atoms with Gasteiger partial charge in [-0.15, -0.1) is 0 Å². The minimum Gasteiger partial charge on any atom is -0.480 e. The van der Waals surface area contributed by atoms with Crippen molar-refractivity contribution in [3.05, 3.63) is 53.1 Å². The Balaban J connectivity index is 2.11. The first-order chi connectivity index (χ1) is 12.6. The second-order valence-electron chi connectivity index (χ2n) is 5.74. The number of carbonyl (C=O) groups is 2. The first kappa shape index (κ1) is 20.9. The summed E-state index contributed by atoms with van der Waals surface area (Å²) in [6.45, 7) is 3.25. The summed E-state index contributed by atoms with van der Waals surface area (Å²) >= 11 is 5.93. The Morgan fingerprint density at radius 1 is 1.19 bits per heavy atom. The van der Waals surface area contributed by atoms with E-state index in [0.717, 1.165) is 0 Å². The number of carbonyl (C=O) groups excluding carboxylic acids is 2. The Labute approximate surface area is 162 Å². The molecule has 9 heteroatoms. The third kappa shape index (κ3) is 5.53. The number of amides is 1. The molecule has 7 nitrogen and oxygen atoms in total. The summed E-state index contributed by atoms with van der Waals surface area (Å²) in [5.74, 6) is -0.361. The first-order valence-corrected chi connectivity index (χ1v) is 9.97. The molecular formula is C18H19ClN2O5S. The third-order valence-electron chi connectivity index (χ3n) is 3.69. The molecule has 0 radical (unpaired) electrons. The Morgan fingerprint density at radius 2 is 1.81 bits per heavy atom. The molecule has 0 aliphatic carbocycles. The van der Waals surface area contributed by atoms with Crippen molar-refractivity contribution in [2.24, 2.45) is 5.14 Å². The number of rotatable bonds is 7. The number of halogens is 1. The Kier molecular flexibility index (Phi) is 6.59. The molecule has 0 unspecified atom stereocenters. The molecule has 1 amide bonds. The molecule has 2 aromatic carbocycles. The minimum atomic E-state index is -3.80. The zero-order valence-electron chi connectivity index (χ0n) is 14.7. The molecule has 3 N–H and O–H groups in total. The van der Waals surface area contributed by atoms with Gasteiger partial charge in [-0.25, -0.2) is 13.6 Å². The third-order valence-corrected chi connectivity index (χ3v) is 4.85. The molecule has 0 bridgehead atoms. The fourth-order valence-electron chi connectivity index (χ4n) is 2.23. The number of ketones is 1. The summed E-state index contributed by atoms with van der Waals surface area (Å²) in [7, 11) is -3.80. The van der Waals surface area contributed by atoms with E-state index in [1.807, 2.05) is 0 Å². The fraction of sp³-hybridized carbons (Fsp3) is 0.222. The van der Waals surface area contributed by atoms with Crippen LogP contribution in [0.25, 0.3) is 0 Å².